The van der Waals surface area contributed by atoms with E-state index in [1.54, 1.807) is 12.1 Å². The summed E-state index contributed by atoms with van der Waals surface area (Å²) in [6, 6.07) is 3.66. The molecule has 2 aliphatic heterocycles. The van der Waals surface area contributed by atoms with E-state index >= 15 is 0 Å². The fourth-order valence-electron chi connectivity index (χ4n) is 2.95. The van der Waals surface area contributed by atoms with E-state index in [0.29, 0.717) is 0 Å². The van der Waals surface area contributed by atoms with Crippen molar-refractivity contribution in [1.29, 1.82) is 0 Å². The molecule has 8 nitrogen and oxygen atoms in total. The maximum absolute atomic E-state index is 12.8. The zero-order valence-electron chi connectivity index (χ0n) is 13.8. The Bertz CT molecular complexity index is 825. The molecular weight excluding hydrogens is 340 g/mol. The van der Waals surface area contributed by atoms with Crippen LogP contribution in [0.25, 0.3) is 0 Å². The maximum atomic E-state index is 12.8. The number of amides is 4. The zero-order chi connectivity index (χ0) is 18.7. The number of rotatable bonds is 6. The summed E-state index contributed by atoms with van der Waals surface area (Å²) in [6.45, 7) is 0.530. The number of fused-ring (bicyclic) bond motifs is 1. The summed E-state index contributed by atoms with van der Waals surface area (Å²) in [5.41, 5.74) is 0.279. The van der Waals surface area contributed by atoms with E-state index in [4.69, 9.17) is 15.9 Å². The van der Waals surface area contributed by atoms with Crippen molar-refractivity contribution < 1.29 is 28.7 Å². The highest BCUT2D eigenvalue weighted by Gasteiger charge is 2.45. The highest BCUT2D eigenvalue weighted by atomic mass is 16.5. The molecule has 3 rings (SSSR count). The van der Waals surface area contributed by atoms with Crippen molar-refractivity contribution in [2.75, 3.05) is 19.8 Å². The van der Waals surface area contributed by atoms with E-state index in [0.717, 1.165) is 4.90 Å². The van der Waals surface area contributed by atoms with Crippen LogP contribution in [0.4, 0.5) is 0 Å². The van der Waals surface area contributed by atoms with Gasteiger partial charge in [0.05, 0.1) is 17.7 Å². The van der Waals surface area contributed by atoms with Crippen LogP contribution in [0.3, 0.4) is 0 Å². The largest absolute Gasteiger partial charge is 0.490 e. The quantitative estimate of drug-likeness (QED) is 0.441. The number of nitrogens with one attached hydrogen (secondary N) is 1. The number of terminal acetylenes is 1. The van der Waals surface area contributed by atoms with Crippen LogP contribution >= 0.6 is 0 Å². The molecule has 134 valence electrons. The Morgan fingerprint density at radius 3 is 2.73 bits per heavy atom. The van der Waals surface area contributed by atoms with Crippen molar-refractivity contribution in [1.82, 2.24) is 10.2 Å². The predicted octanol–water partition coefficient (Wildman–Crippen LogP) is 0.116. The summed E-state index contributed by atoms with van der Waals surface area (Å²) < 4.78 is 10.6. The van der Waals surface area contributed by atoms with Crippen LogP contribution in [0.2, 0.25) is 0 Å². The Kier molecular flexibility index (Phi) is 5.00. The minimum atomic E-state index is -1.01. The Morgan fingerprint density at radius 1 is 1.19 bits per heavy atom. The van der Waals surface area contributed by atoms with Gasteiger partial charge in [0.15, 0.2) is 0 Å². The second-order valence-electron chi connectivity index (χ2n) is 5.73. The van der Waals surface area contributed by atoms with E-state index in [-0.39, 0.29) is 49.5 Å². The van der Waals surface area contributed by atoms with Crippen molar-refractivity contribution in [3.63, 3.8) is 0 Å². The van der Waals surface area contributed by atoms with Gasteiger partial charge < -0.3 is 9.47 Å². The number of nitrogens with zero attached hydrogens (tertiary/aromatic N) is 1. The fourth-order valence-corrected chi connectivity index (χ4v) is 2.95. The number of carbonyl (C=O) groups is 4. The predicted molar refractivity (Wildman–Crippen MR) is 88.3 cm³/mol. The van der Waals surface area contributed by atoms with Gasteiger partial charge in [0.1, 0.15) is 25.0 Å². The third kappa shape index (κ3) is 3.17. The highest BCUT2D eigenvalue weighted by molar-refractivity contribution is 6.24. The monoisotopic (exact) mass is 356 g/mol. The molecule has 2 heterocycles. The molecule has 8 heteroatoms. The van der Waals surface area contributed by atoms with Crippen molar-refractivity contribution in [2.45, 2.75) is 18.9 Å². The molecule has 1 fully saturated rings. The molecule has 26 heavy (non-hydrogen) atoms. The van der Waals surface area contributed by atoms with Gasteiger partial charge >= 0.3 is 0 Å². The average Bonchev–Trinajstić information content (AvgIpc) is 2.87. The lowest BCUT2D eigenvalue weighted by molar-refractivity contribution is -0.136. The normalized spacial score (nSPS) is 19.2. The first-order valence-electron chi connectivity index (χ1n) is 8.03. The second-order valence-corrected chi connectivity index (χ2v) is 5.73. The number of carbonyl (C=O) groups excluding carboxylic acids is 4. The Morgan fingerprint density at radius 2 is 2.00 bits per heavy atom. The lowest BCUT2D eigenvalue weighted by atomic mass is 10.0. The molecule has 4 amide bonds. The molecule has 1 aromatic carbocycles. The summed E-state index contributed by atoms with van der Waals surface area (Å²) in [6.07, 6.45) is 5.25. The van der Waals surface area contributed by atoms with Gasteiger partial charge in [0, 0.05) is 6.42 Å². The molecule has 0 saturated carbocycles. The SMILES string of the molecule is C#CCOCCOc1cccc2c1C(=O)N(C1CCC(=O)NC1=O)C2=O. The minimum absolute atomic E-state index is 0.0691. The number of hydrogen-bond donors (Lipinski definition) is 1. The molecule has 1 N–H and O–H groups in total. The smallest absolute Gasteiger partial charge is 0.266 e. The van der Waals surface area contributed by atoms with Gasteiger partial charge in [-0.2, -0.15) is 0 Å². The zero-order valence-corrected chi connectivity index (χ0v) is 13.8. The second kappa shape index (κ2) is 7.37. The van der Waals surface area contributed by atoms with E-state index in [9.17, 15) is 19.2 Å². The minimum Gasteiger partial charge on any atom is -0.490 e. The van der Waals surface area contributed by atoms with Crippen LogP contribution in [0, 0.1) is 12.3 Å². The van der Waals surface area contributed by atoms with Gasteiger partial charge in [0.25, 0.3) is 11.8 Å². The average molecular weight is 356 g/mol. The van der Waals surface area contributed by atoms with Crippen molar-refractivity contribution in [2.24, 2.45) is 0 Å². The maximum Gasteiger partial charge on any atom is 0.266 e. The van der Waals surface area contributed by atoms with Gasteiger partial charge in [-0.15, -0.1) is 6.42 Å². The van der Waals surface area contributed by atoms with E-state index in [2.05, 4.69) is 11.2 Å². The lowest BCUT2D eigenvalue weighted by Crippen LogP contribution is -2.54. The number of hydrogen-bond acceptors (Lipinski definition) is 6. The molecular formula is C18H16N2O6. The summed E-state index contributed by atoms with van der Waals surface area (Å²) >= 11 is 0. The van der Waals surface area contributed by atoms with E-state index in [1.165, 1.54) is 6.07 Å². The Hall–Kier alpha value is -3.18. The lowest BCUT2D eigenvalue weighted by Gasteiger charge is -2.27. The molecule has 0 aliphatic carbocycles. The summed E-state index contributed by atoms with van der Waals surface area (Å²) in [4.78, 5) is 49.7. The number of benzene rings is 1. The van der Waals surface area contributed by atoms with Gasteiger partial charge in [-0.1, -0.05) is 12.0 Å². The molecule has 2 aliphatic rings. The van der Waals surface area contributed by atoms with Crippen molar-refractivity contribution in [3.05, 3.63) is 29.3 Å². The molecule has 0 bridgehead atoms. The van der Waals surface area contributed by atoms with Gasteiger partial charge in [-0.05, 0) is 18.6 Å². The van der Waals surface area contributed by atoms with Crippen LogP contribution in [0.15, 0.2) is 18.2 Å². The molecule has 1 unspecified atom stereocenters. The summed E-state index contributed by atoms with van der Waals surface area (Å²) in [7, 11) is 0. The Balaban J connectivity index is 1.79. The Labute approximate surface area is 149 Å². The molecule has 1 atom stereocenters. The van der Waals surface area contributed by atoms with Gasteiger partial charge in [-0.25, -0.2) is 0 Å². The molecule has 0 spiro atoms. The fraction of sp³-hybridized carbons (Fsp3) is 0.333. The van der Waals surface area contributed by atoms with Crippen LogP contribution in [-0.2, 0) is 14.3 Å². The topological polar surface area (TPSA) is 102 Å². The molecule has 0 radical (unpaired) electrons. The first kappa shape index (κ1) is 17.6. The van der Waals surface area contributed by atoms with Crippen LogP contribution in [0.1, 0.15) is 33.6 Å². The van der Waals surface area contributed by atoms with Crippen molar-refractivity contribution >= 4 is 23.6 Å². The van der Waals surface area contributed by atoms with Crippen molar-refractivity contribution in [3.8, 4) is 18.1 Å². The van der Waals surface area contributed by atoms with Crippen LogP contribution < -0.4 is 10.1 Å². The van der Waals surface area contributed by atoms with E-state index in [1.807, 2.05) is 0 Å². The molecule has 0 aromatic heterocycles. The number of ether oxygens (including phenoxy) is 2. The summed E-state index contributed by atoms with van der Waals surface area (Å²) in [5, 5.41) is 2.15. The number of imide groups is 2. The summed E-state index contributed by atoms with van der Waals surface area (Å²) in [5.74, 6) is 0.305. The molecule has 1 aromatic rings. The highest BCUT2D eigenvalue weighted by Crippen LogP contribution is 2.33. The van der Waals surface area contributed by atoms with Crippen LogP contribution in [-0.4, -0.2) is 54.4 Å². The van der Waals surface area contributed by atoms with Gasteiger partial charge in [0.2, 0.25) is 11.8 Å². The standard InChI is InChI=1S/C18H16N2O6/c1-2-8-25-9-10-26-13-5-3-4-11-15(13)18(24)20(17(11)23)12-6-7-14(21)19-16(12)22/h1,3-5,12H,6-10H2,(H,19,21,22). The molecule has 1 saturated heterocycles. The first-order valence-corrected chi connectivity index (χ1v) is 8.03. The third-order valence-electron chi connectivity index (χ3n) is 4.10. The van der Waals surface area contributed by atoms with Crippen LogP contribution in [0.5, 0.6) is 5.75 Å². The first-order chi connectivity index (χ1) is 12.5. The van der Waals surface area contributed by atoms with E-state index < -0.39 is 29.7 Å². The number of piperidine rings is 1. The third-order valence-corrected chi connectivity index (χ3v) is 4.10. The van der Waals surface area contributed by atoms with Gasteiger partial charge in [-0.3, -0.25) is 29.4 Å².